The molecule has 92 valence electrons. The van der Waals surface area contributed by atoms with E-state index in [1.54, 1.807) is 5.57 Å². The minimum Gasteiger partial charge on any atom is -0.118 e. The number of halogens is 1. The zero-order valence-electron chi connectivity index (χ0n) is 10.6. The van der Waals surface area contributed by atoms with Crippen LogP contribution in [-0.4, -0.2) is 5.38 Å². The van der Waals surface area contributed by atoms with Crippen LogP contribution in [0.3, 0.4) is 0 Å². The first-order valence-corrected chi connectivity index (χ1v) is 7.59. The van der Waals surface area contributed by atoms with Gasteiger partial charge >= 0.3 is 0 Å². The van der Waals surface area contributed by atoms with Gasteiger partial charge in [0, 0.05) is 0 Å². The molecule has 0 aromatic heterocycles. The highest BCUT2D eigenvalue weighted by Gasteiger charge is 2.27. The third-order valence-electron chi connectivity index (χ3n) is 4.50. The number of allylic oxidation sites excluding steroid dienone is 2. The van der Waals surface area contributed by atoms with Gasteiger partial charge in [-0.3, -0.25) is 0 Å². The van der Waals surface area contributed by atoms with E-state index in [9.17, 15) is 0 Å². The predicted octanol–water partition coefficient (Wildman–Crippen LogP) is 5.31. The normalized spacial score (nSPS) is 36.6. The molecule has 0 bridgehead atoms. The average molecular weight is 241 g/mol. The van der Waals surface area contributed by atoms with Gasteiger partial charge < -0.3 is 0 Å². The summed E-state index contributed by atoms with van der Waals surface area (Å²) in [5, 5.41) is 0.317. The van der Waals surface area contributed by atoms with E-state index in [0.717, 1.165) is 11.8 Å². The van der Waals surface area contributed by atoms with Gasteiger partial charge in [0.2, 0.25) is 0 Å². The standard InChI is InChI=1S/C15H25Cl/c1-2-12-7-4-6-10-15(12)13-8-3-5-9-14(16)11-13/h11-12,14-15H,2-10H2,1H3. The van der Waals surface area contributed by atoms with E-state index >= 15 is 0 Å². The highest BCUT2D eigenvalue weighted by Crippen LogP contribution is 2.40. The fourth-order valence-corrected chi connectivity index (χ4v) is 3.88. The number of hydrogen-bond donors (Lipinski definition) is 0. The first-order valence-electron chi connectivity index (χ1n) is 7.16. The molecule has 0 nitrogen and oxygen atoms in total. The van der Waals surface area contributed by atoms with Crippen LogP contribution in [0.4, 0.5) is 0 Å². The van der Waals surface area contributed by atoms with Crippen molar-refractivity contribution in [3.63, 3.8) is 0 Å². The highest BCUT2D eigenvalue weighted by molar-refractivity contribution is 6.21. The summed E-state index contributed by atoms with van der Waals surface area (Å²) in [4.78, 5) is 0. The topological polar surface area (TPSA) is 0 Å². The smallest absolute Gasteiger partial charge is 0.0518 e. The van der Waals surface area contributed by atoms with Crippen molar-refractivity contribution in [1.82, 2.24) is 0 Å². The lowest BCUT2D eigenvalue weighted by atomic mass is 9.73. The van der Waals surface area contributed by atoms with E-state index in [4.69, 9.17) is 11.6 Å². The Morgan fingerprint density at radius 1 is 1.12 bits per heavy atom. The lowest BCUT2D eigenvalue weighted by Gasteiger charge is -2.33. The van der Waals surface area contributed by atoms with E-state index in [-0.39, 0.29) is 0 Å². The van der Waals surface area contributed by atoms with Crippen LogP contribution in [0.25, 0.3) is 0 Å². The second kappa shape index (κ2) is 6.10. The van der Waals surface area contributed by atoms with E-state index < -0.39 is 0 Å². The molecule has 0 amide bonds. The summed E-state index contributed by atoms with van der Waals surface area (Å²) in [6, 6.07) is 0. The van der Waals surface area contributed by atoms with Gasteiger partial charge in [-0.05, 0) is 43.9 Å². The molecule has 0 heterocycles. The molecule has 0 aromatic rings. The third kappa shape index (κ3) is 3.03. The molecule has 2 aliphatic carbocycles. The number of hydrogen-bond acceptors (Lipinski definition) is 0. The minimum absolute atomic E-state index is 0.317. The second-order valence-electron chi connectivity index (χ2n) is 5.56. The monoisotopic (exact) mass is 240 g/mol. The van der Waals surface area contributed by atoms with Crippen molar-refractivity contribution >= 4 is 11.6 Å². The van der Waals surface area contributed by atoms with E-state index in [0.29, 0.717) is 5.38 Å². The van der Waals surface area contributed by atoms with Crippen molar-refractivity contribution < 1.29 is 0 Å². The molecule has 0 aromatic carbocycles. The zero-order chi connectivity index (χ0) is 11.4. The maximum Gasteiger partial charge on any atom is 0.0518 e. The summed E-state index contributed by atoms with van der Waals surface area (Å²) in [7, 11) is 0. The van der Waals surface area contributed by atoms with Crippen molar-refractivity contribution in [1.29, 1.82) is 0 Å². The Hall–Kier alpha value is 0.0300. The van der Waals surface area contributed by atoms with Crippen molar-refractivity contribution in [2.45, 2.75) is 70.1 Å². The van der Waals surface area contributed by atoms with Crippen molar-refractivity contribution in [2.24, 2.45) is 11.8 Å². The lowest BCUT2D eigenvalue weighted by molar-refractivity contribution is 0.259. The first kappa shape index (κ1) is 12.5. The molecule has 0 N–H and O–H groups in total. The maximum absolute atomic E-state index is 6.35. The van der Waals surface area contributed by atoms with Gasteiger partial charge in [0.1, 0.15) is 0 Å². The quantitative estimate of drug-likeness (QED) is 0.453. The number of rotatable bonds is 2. The van der Waals surface area contributed by atoms with Crippen LogP contribution in [0, 0.1) is 11.8 Å². The van der Waals surface area contributed by atoms with Gasteiger partial charge in [-0.25, -0.2) is 0 Å². The second-order valence-corrected chi connectivity index (χ2v) is 6.12. The summed E-state index contributed by atoms with van der Waals surface area (Å²) in [6.45, 7) is 2.36. The highest BCUT2D eigenvalue weighted by atomic mass is 35.5. The average Bonchev–Trinajstić information content (AvgIpc) is 2.54. The van der Waals surface area contributed by atoms with E-state index in [2.05, 4.69) is 13.0 Å². The van der Waals surface area contributed by atoms with Crippen LogP contribution < -0.4 is 0 Å². The van der Waals surface area contributed by atoms with Crippen LogP contribution >= 0.6 is 11.6 Å². The molecule has 3 atom stereocenters. The van der Waals surface area contributed by atoms with Gasteiger partial charge in [0.15, 0.2) is 0 Å². The lowest BCUT2D eigenvalue weighted by Crippen LogP contribution is -2.21. The minimum atomic E-state index is 0.317. The SMILES string of the molecule is CCC1CCCCC1C1=CC(Cl)CCCC1. The van der Waals surface area contributed by atoms with Crippen LogP contribution in [-0.2, 0) is 0 Å². The van der Waals surface area contributed by atoms with Crippen molar-refractivity contribution in [3.8, 4) is 0 Å². The Morgan fingerprint density at radius 2 is 1.88 bits per heavy atom. The van der Waals surface area contributed by atoms with Crippen LogP contribution in [0.15, 0.2) is 11.6 Å². The first-order chi connectivity index (χ1) is 7.81. The van der Waals surface area contributed by atoms with Crippen molar-refractivity contribution in [2.75, 3.05) is 0 Å². The Kier molecular flexibility index (Phi) is 4.76. The van der Waals surface area contributed by atoms with E-state index in [1.807, 2.05) is 0 Å². The zero-order valence-corrected chi connectivity index (χ0v) is 11.3. The third-order valence-corrected chi connectivity index (χ3v) is 4.84. The molecule has 1 fully saturated rings. The van der Waals surface area contributed by atoms with Gasteiger partial charge in [-0.2, -0.15) is 0 Å². The Morgan fingerprint density at radius 3 is 2.69 bits per heavy atom. The molecule has 0 aliphatic heterocycles. The summed E-state index contributed by atoms with van der Waals surface area (Å²) in [6.07, 6.45) is 14.7. The molecule has 0 radical (unpaired) electrons. The summed E-state index contributed by atoms with van der Waals surface area (Å²) in [5.41, 5.74) is 1.71. The molecule has 2 rings (SSSR count). The summed E-state index contributed by atoms with van der Waals surface area (Å²) in [5.74, 6) is 1.82. The van der Waals surface area contributed by atoms with Gasteiger partial charge in [-0.1, -0.05) is 44.3 Å². The fourth-order valence-electron chi connectivity index (χ4n) is 3.56. The Labute approximate surface area is 105 Å². The van der Waals surface area contributed by atoms with Gasteiger partial charge in [-0.15, -0.1) is 11.6 Å². The molecular formula is C15H25Cl. The maximum atomic E-state index is 6.35. The van der Waals surface area contributed by atoms with Crippen LogP contribution in [0.1, 0.15) is 64.7 Å². The molecular weight excluding hydrogens is 216 g/mol. The summed E-state index contributed by atoms with van der Waals surface area (Å²) >= 11 is 6.35. The predicted molar refractivity (Wildman–Crippen MR) is 71.9 cm³/mol. The Balaban J connectivity index is 2.07. The van der Waals surface area contributed by atoms with Crippen LogP contribution in [0.2, 0.25) is 0 Å². The number of alkyl halides is 1. The largest absolute Gasteiger partial charge is 0.118 e. The van der Waals surface area contributed by atoms with Crippen LogP contribution in [0.5, 0.6) is 0 Å². The van der Waals surface area contributed by atoms with E-state index in [1.165, 1.54) is 57.8 Å². The molecule has 0 saturated heterocycles. The summed E-state index contributed by atoms with van der Waals surface area (Å²) < 4.78 is 0. The van der Waals surface area contributed by atoms with Crippen molar-refractivity contribution in [3.05, 3.63) is 11.6 Å². The van der Waals surface area contributed by atoms with Gasteiger partial charge in [0.05, 0.1) is 5.38 Å². The molecule has 1 heteroatoms. The molecule has 16 heavy (non-hydrogen) atoms. The fraction of sp³-hybridized carbons (Fsp3) is 0.867. The molecule has 0 spiro atoms. The van der Waals surface area contributed by atoms with Gasteiger partial charge in [0.25, 0.3) is 0 Å². The molecule has 2 aliphatic rings. The Bertz CT molecular complexity index is 244. The molecule has 3 unspecified atom stereocenters. The molecule has 1 saturated carbocycles.